The molecule has 1 aromatic rings. The fraction of sp³-hybridized carbons (Fsp3) is 0.571. The Hall–Kier alpha value is -0.670. The minimum absolute atomic E-state index is 0.0483. The van der Waals surface area contributed by atoms with Crippen LogP contribution in [0.5, 0.6) is 5.75 Å². The van der Waals surface area contributed by atoms with Crippen molar-refractivity contribution < 1.29 is 4.74 Å². The summed E-state index contributed by atoms with van der Waals surface area (Å²) in [5, 5.41) is 4.03. The van der Waals surface area contributed by atoms with E-state index in [4.69, 9.17) is 4.74 Å². The Bertz CT molecular complexity index is 422. The zero-order valence-corrected chi connectivity index (χ0v) is 11.2. The van der Waals surface area contributed by atoms with Crippen LogP contribution in [0.15, 0.2) is 24.3 Å². The summed E-state index contributed by atoms with van der Waals surface area (Å²) < 4.78 is 6.36. The van der Waals surface area contributed by atoms with Crippen molar-refractivity contribution in [2.45, 2.75) is 36.7 Å². The Kier molecular flexibility index (Phi) is 2.83. The summed E-state index contributed by atoms with van der Waals surface area (Å²) >= 11 is 2.04. The standard InChI is InChI=1S/C14H19NOS/c1-10-14(7-8-17-10)9-12(15-2)11-5-3-4-6-13(11)16-14/h3-6,10,12,15H,7-9H2,1-2H3. The summed E-state index contributed by atoms with van der Waals surface area (Å²) in [6, 6.07) is 8.88. The average molecular weight is 249 g/mol. The average Bonchev–Trinajstić information content (AvgIpc) is 2.69. The summed E-state index contributed by atoms with van der Waals surface area (Å²) in [6.07, 6.45) is 2.26. The number of thioether (sulfide) groups is 1. The van der Waals surface area contributed by atoms with Crippen molar-refractivity contribution in [3.8, 4) is 5.75 Å². The molecule has 0 aromatic heterocycles. The van der Waals surface area contributed by atoms with E-state index in [0.717, 1.165) is 12.2 Å². The summed E-state index contributed by atoms with van der Waals surface area (Å²) in [7, 11) is 2.05. The van der Waals surface area contributed by atoms with Crippen molar-refractivity contribution in [1.29, 1.82) is 0 Å². The Morgan fingerprint density at radius 2 is 2.24 bits per heavy atom. The molecule has 3 unspecified atom stereocenters. The van der Waals surface area contributed by atoms with Gasteiger partial charge in [0.1, 0.15) is 11.4 Å². The SMILES string of the molecule is CNC1CC2(CCSC2C)Oc2ccccc21. The van der Waals surface area contributed by atoms with E-state index in [-0.39, 0.29) is 5.60 Å². The number of ether oxygens (including phenoxy) is 1. The Labute approximate surface area is 107 Å². The van der Waals surface area contributed by atoms with Crippen LogP contribution < -0.4 is 10.1 Å². The number of hydrogen-bond donors (Lipinski definition) is 1. The van der Waals surface area contributed by atoms with Crippen molar-refractivity contribution in [3.05, 3.63) is 29.8 Å². The molecule has 3 rings (SSSR count). The summed E-state index contributed by atoms with van der Waals surface area (Å²) in [4.78, 5) is 0. The molecular weight excluding hydrogens is 230 g/mol. The maximum absolute atomic E-state index is 6.36. The highest BCUT2D eigenvalue weighted by atomic mass is 32.2. The fourth-order valence-electron chi connectivity index (χ4n) is 3.00. The number of benzene rings is 1. The van der Waals surface area contributed by atoms with Gasteiger partial charge in [-0.05, 0) is 32.2 Å². The number of hydrogen-bond acceptors (Lipinski definition) is 3. The smallest absolute Gasteiger partial charge is 0.124 e. The molecule has 2 nitrogen and oxygen atoms in total. The van der Waals surface area contributed by atoms with Crippen LogP contribution in [0.2, 0.25) is 0 Å². The third-order valence-corrected chi connectivity index (χ3v) is 5.51. The van der Waals surface area contributed by atoms with Crippen molar-refractivity contribution in [2.75, 3.05) is 12.8 Å². The van der Waals surface area contributed by atoms with Gasteiger partial charge in [-0.2, -0.15) is 11.8 Å². The van der Waals surface area contributed by atoms with Gasteiger partial charge in [-0.1, -0.05) is 18.2 Å². The molecule has 2 aliphatic heterocycles. The lowest BCUT2D eigenvalue weighted by Crippen LogP contribution is -2.47. The predicted octanol–water partition coefficient (Wildman–Crippen LogP) is 2.99. The largest absolute Gasteiger partial charge is 0.486 e. The van der Waals surface area contributed by atoms with E-state index >= 15 is 0 Å². The predicted molar refractivity (Wildman–Crippen MR) is 72.8 cm³/mol. The molecule has 1 N–H and O–H groups in total. The molecule has 1 fully saturated rings. The molecule has 0 amide bonds. The lowest BCUT2D eigenvalue weighted by Gasteiger charge is -2.42. The van der Waals surface area contributed by atoms with E-state index < -0.39 is 0 Å². The van der Waals surface area contributed by atoms with Gasteiger partial charge in [-0.25, -0.2) is 0 Å². The zero-order valence-electron chi connectivity index (χ0n) is 10.4. The van der Waals surface area contributed by atoms with Crippen LogP contribution in [0.3, 0.4) is 0 Å². The Morgan fingerprint density at radius 3 is 2.94 bits per heavy atom. The van der Waals surface area contributed by atoms with Gasteiger partial charge in [-0.3, -0.25) is 0 Å². The zero-order chi connectivity index (χ0) is 11.9. The van der Waals surface area contributed by atoms with E-state index in [9.17, 15) is 0 Å². The van der Waals surface area contributed by atoms with Gasteiger partial charge in [0.05, 0.1) is 0 Å². The molecule has 1 spiro atoms. The highest BCUT2D eigenvalue weighted by Gasteiger charge is 2.47. The number of fused-ring (bicyclic) bond motifs is 1. The molecule has 1 aromatic carbocycles. The monoisotopic (exact) mass is 249 g/mol. The van der Waals surface area contributed by atoms with Gasteiger partial charge < -0.3 is 10.1 Å². The van der Waals surface area contributed by atoms with Crippen LogP contribution in [0.25, 0.3) is 0 Å². The maximum atomic E-state index is 6.36. The van der Waals surface area contributed by atoms with Crippen molar-refractivity contribution in [1.82, 2.24) is 5.32 Å². The Balaban J connectivity index is 2.00. The van der Waals surface area contributed by atoms with Crippen molar-refractivity contribution in [3.63, 3.8) is 0 Å². The highest BCUT2D eigenvalue weighted by Crippen LogP contribution is 2.49. The lowest BCUT2D eigenvalue weighted by atomic mass is 9.83. The van der Waals surface area contributed by atoms with Crippen LogP contribution in [-0.2, 0) is 0 Å². The fourth-order valence-corrected chi connectivity index (χ4v) is 4.38. The Morgan fingerprint density at radius 1 is 1.41 bits per heavy atom. The van der Waals surface area contributed by atoms with E-state index in [1.165, 1.54) is 17.7 Å². The van der Waals surface area contributed by atoms with Crippen LogP contribution in [-0.4, -0.2) is 23.7 Å². The molecule has 17 heavy (non-hydrogen) atoms. The second-order valence-corrected chi connectivity index (χ2v) is 6.46. The first kappa shape index (κ1) is 11.4. The maximum Gasteiger partial charge on any atom is 0.124 e. The van der Waals surface area contributed by atoms with Gasteiger partial charge in [0.25, 0.3) is 0 Å². The quantitative estimate of drug-likeness (QED) is 0.826. The second-order valence-electron chi connectivity index (χ2n) is 5.01. The molecular formula is C14H19NOS. The minimum atomic E-state index is 0.0483. The molecule has 0 aliphatic carbocycles. The first-order chi connectivity index (χ1) is 8.25. The summed E-state index contributed by atoms with van der Waals surface area (Å²) in [5.41, 5.74) is 1.36. The third-order valence-electron chi connectivity index (χ3n) is 4.14. The normalized spacial score (nSPS) is 35.6. The van der Waals surface area contributed by atoms with Gasteiger partial charge in [0, 0.05) is 23.3 Å². The van der Waals surface area contributed by atoms with Gasteiger partial charge in [-0.15, -0.1) is 0 Å². The second kappa shape index (κ2) is 4.21. The third kappa shape index (κ3) is 1.76. The number of nitrogens with one attached hydrogen (secondary N) is 1. The summed E-state index contributed by atoms with van der Waals surface area (Å²) in [5.74, 6) is 2.30. The van der Waals surface area contributed by atoms with E-state index in [1.54, 1.807) is 0 Å². The number of para-hydroxylation sites is 1. The van der Waals surface area contributed by atoms with Crippen LogP contribution >= 0.6 is 11.8 Å². The van der Waals surface area contributed by atoms with Crippen LogP contribution in [0.1, 0.15) is 31.4 Å². The van der Waals surface area contributed by atoms with Crippen molar-refractivity contribution >= 4 is 11.8 Å². The number of rotatable bonds is 1. The molecule has 3 heteroatoms. The molecule has 2 aliphatic rings. The minimum Gasteiger partial charge on any atom is -0.486 e. The van der Waals surface area contributed by atoms with Gasteiger partial charge in [0.15, 0.2) is 0 Å². The van der Waals surface area contributed by atoms with E-state index in [0.29, 0.717) is 11.3 Å². The molecule has 2 heterocycles. The van der Waals surface area contributed by atoms with Gasteiger partial charge >= 0.3 is 0 Å². The van der Waals surface area contributed by atoms with E-state index in [2.05, 4.69) is 36.5 Å². The molecule has 0 radical (unpaired) electrons. The molecule has 3 atom stereocenters. The van der Waals surface area contributed by atoms with Gasteiger partial charge in [0.2, 0.25) is 0 Å². The molecule has 0 bridgehead atoms. The molecule has 0 saturated carbocycles. The molecule has 92 valence electrons. The first-order valence-electron chi connectivity index (χ1n) is 6.32. The first-order valence-corrected chi connectivity index (χ1v) is 7.37. The van der Waals surface area contributed by atoms with E-state index in [1.807, 2.05) is 18.8 Å². The van der Waals surface area contributed by atoms with Crippen LogP contribution in [0, 0.1) is 0 Å². The highest BCUT2D eigenvalue weighted by molar-refractivity contribution is 8.00. The van der Waals surface area contributed by atoms with Crippen LogP contribution in [0.4, 0.5) is 0 Å². The molecule has 1 saturated heterocycles. The topological polar surface area (TPSA) is 21.3 Å². The van der Waals surface area contributed by atoms with Crippen molar-refractivity contribution in [2.24, 2.45) is 0 Å². The summed E-state index contributed by atoms with van der Waals surface area (Å²) in [6.45, 7) is 2.30. The lowest BCUT2D eigenvalue weighted by molar-refractivity contribution is 0.0365.